The molecule has 65 heavy (non-hydrogen) atoms. The van der Waals surface area contributed by atoms with Gasteiger partial charge < -0.3 is 34.3 Å². The number of aliphatic hydroxyl groups is 3. The van der Waals surface area contributed by atoms with E-state index in [1.54, 1.807) is 0 Å². The smallest absolute Gasteiger partial charge is 0.306 e. The molecule has 1 fully saturated rings. The minimum atomic E-state index is -4.61. The van der Waals surface area contributed by atoms with E-state index in [1.165, 1.54) is 122 Å². The first-order valence-electron chi connectivity index (χ1n) is 26.0. The van der Waals surface area contributed by atoms with Crippen LogP contribution in [0.2, 0.25) is 0 Å². The molecule has 0 spiro atoms. The molecule has 0 bridgehead atoms. The lowest BCUT2D eigenvalue weighted by Crippen LogP contribution is -2.60. The lowest BCUT2D eigenvalue weighted by molar-refractivity contribution is -0.297. The molecule has 13 heteroatoms. The minimum Gasteiger partial charge on any atom is -0.462 e. The van der Waals surface area contributed by atoms with E-state index in [2.05, 4.69) is 50.3 Å². The average Bonchev–Trinajstić information content (AvgIpc) is 3.27. The van der Waals surface area contributed by atoms with Gasteiger partial charge in [-0.1, -0.05) is 185 Å². The molecule has 6 atom stereocenters. The molecule has 0 radical (unpaired) electrons. The highest BCUT2D eigenvalue weighted by Gasteiger charge is 2.46. The molecule has 0 amide bonds. The zero-order chi connectivity index (χ0) is 47.6. The van der Waals surface area contributed by atoms with Gasteiger partial charge in [-0.15, -0.1) is 0 Å². The number of rotatable bonds is 44. The van der Waals surface area contributed by atoms with Crippen molar-refractivity contribution >= 4 is 22.1 Å². The fourth-order valence-electron chi connectivity index (χ4n) is 7.87. The summed E-state index contributed by atoms with van der Waals surface area (Å²) >= 11 is 0. The van der Waals surface area contributed by atoms with Gasteiger partial charge in [0.05, 0.1) is 6.61 Å². The van der Waals surface area contributed by atoms with Gasteiger partial charge in [0.25, 0.3) is 10.1 Å². The fourth-order valence-corrected chi connectivity index (χ4v) is 8.56. The summed E-state index contributed by atoms with van der Waals surface area (Å²) in [6, 6.07) is 0. The predicted molar refractivity (Wildman–Crippen MR) is 261 cm³/mol. The Balaban J connectivity index is 2.33. The van der Waals surface area contributed by atoms with Crippen LogP contribution < -0.4 is 0 Å². The molecule has 12 nitrogen and oxygen atoms in total. The molecule has 380 valence electrons. The van der Waals surface area contributed by atoms with Gasteiger partial charge in [-0.2, -0.15) is 8.42 Å². The minimum absolute atomic E-state index is 0.149. The van der Waals surface area contributed by atoms with E-state index >= 15 is 0 Å². The van der Waals surface area contributed by atoms with Gasteiger partial charge in [-0.25, -0.2) is 0 Å². The monoisotopic (exact) mass is 943 g/mol. The number of allylic oxidation sites excluding steroid dienone is 6. The summed E-state index contributed by atoms with van der Waals surface area (Å²) in [6.45, 7) is 3.73. The Kier molecular flexibility index (Phi) is 39.4. The van der Waals surface area contributed by atoms with Crippen LogP contribution in [-0.2, 0) is 38.7 Å². The quantitative estimate of drug-likeness (QED) is 0.0196. The maximum atomic E-state index is 12.8. The second kappa shape index (κ2) is 42.0. The van der Waals surface area contributed by atoms with Crippen LogP contribution in [-0.4, -0.2) is 96.0 Å². The standard InChI is InChI=1S/C52H94O12S/c1-3-5-7-9-11-13-15-17-19-20-21-22-23-24-25-26-27-29-30-32-34-36-38-40-47(53)61-42-45(43-62-52-51(57)50(56)49(55)46(64-52)44-65(58,59)60)63-48(54)41-39-37-35-33-31-28-18-16-14-12-10-8-6-4-2/h10,12,16,18,20-21,45-46,49-52,55-57H,3-9,11,13-15,17,19,22-44H2,1-2H3,(H,58,59,60)/b12-10-,18-16-,21-20-. The molecule has 0 aromatic rings. The highest BCUT2D eigenvalue weighted by molar-refractivity contribution is 7.85. The highest BCUT2D eigenvalue weighted by Crippen LogP contribution is 2.24. The number of carbonyl (C=O) groups is 2. The number of unbranched alkanes of at least 4 members (excludes halogenated alkanes) is 26. The van der Waals surface area contributed by atoms with E-state index in [4.69, 9.17) is 18.9 Å². The summed E-state index contributed by atoms with van der Waals surface area (Å²) in [5.41, 5.74) is 0. The number of carbonyl (C=O) groups excluding carboxylic acids is 2. The van der Waals surface area contributed by atoms with Crippen LogP contribution in [0.1, 0.15) is 226 Å². The lowest BCUT2D eigenvalue weighted by Gasteiger charge is -2.40. The van der Waals surface area contributed by atoms with Crippen LogP contribution >= 0.6 is 0 Å². The first-order valence-corrected chi connectivity index (χ1v) is 27.7. The molecule has 1 aliphatic heterocycles. The Labute approximate surface area is 395 Å². The molecule has 0 aromatic carbocycles. The normalized spacial score (nSPS) is 19.8. The van der Waals surface area contributed by atoms with Crippen molar-refractivity contribution in [3.63, 3.8) is 0 Å². The Bertz CT molecular complexity index is 1330. The average molecular weight is 943 g/mol. The maximum absolute atomic E-state index is 12.8. The van der Waals surface area contributed by atoms with Crippen molar-refractivity contribution in [2.24, 2.45) is 0 Å². The fraction of sp³-hybridized carbons (Fsp3) is 0.846. The third-order valence-corrected chi connectivity index (χ3v) is 12.7. The van der Waals surface area contributed by atoms with E-state index < -0.39 is 71.2 Å². The summed E-state index contributed by atoms with van der Waals surface area (Å²) in [5.74, 6) is -2.00. The molecule has 0 aliphatic carbocycles. The van der Waals surface area contributed by atoms with Gasteiger partial charge in [0.2, 0.25) is 0 Å². The van der Waals surface area contributed by atoms with Crippen LogP contribution in [0.4, 0.5) is 0 Å². The van der Waals surface area contributed by atoms with Gasteiger partial charge in [0.1, 0.15) is 36.8 Å². The molecule has 1 saturated heterocycles. The van der Waals surface area contributed by atoms with E-state index in [9.17, 15) is 37.9 Å². The molecule has 0 saturated carbocycles. The summed E-state index contributed by atoms with van der Waals surface area (Å²) in [4.78, 5) is 25.5. The Morgan fingerprint density at radius 1 is 0.523 bits per heavy atom. The van der Waals surface area contributed by atoms with Gasteiger partial charge in [-0.05, 0) is 64.2 Å². The van der Waals surface area contributed by atoms with Crippen molar-refractivity contribution in [1.82, 2.24) is 0 Å². The third-order valence-electron chi connectivity index (χ3n) is 11.9. The molecule has 0 aromatic heterocycles. The van der Waals surface area contributed by atoms with Gasteiger partial charge in [-0.3, -0.25) is 14.1 Å². The second-order valence-corrected chi connectivity index (χ2v) is 19.7. The zero-order valence-electron chi connectivity index (χ0n) is 40.8. The number of esters is 2. The largest absolute Gasteiger partial charge is 0.462 e. The Morgan fingerprint density at radius 2 is 0.938 bits per heavy atom. The van der Waals surface area contributed by atoms with Crippen LogP contribution in [0, 0.1) is 0 Å². The van der Waals surface area contributed by atoms with Crippen molar-refractivity contribution in [3.05, 3.63) is 36.5 Å². The molecule has 1 aliphatic rings. The van der Waals surface area contributed by atoms with Crippen LogP contribution in [0.5, 0.6) is 0 Å². The van der Waals surface area contributed by atoms with Crippen LogP contribution in [0.25, 0.3) is 0 Å². The molecular formula is C52H94O12S. The van der Waals surface area contributed by atoms with Crippen molar-refractivity contribution in [3.8, 4) is 0 Å². The van der Waals surface area contributed by atoms with Crippen molar-refractivity contribution in [2.45, 2.75) is 263 Å². The molecule has 6 unspecified atom stereocenters. The number of hydrogen-bond donors (Lipinski definition) is 4. The number of ether oxygens (including phenoxy) is 4. The van der Waals surface area contributed by atoms with Crippen molar-refractivity contribution < 1.29 is 56.8 Å². The van der Waals surface area contributed by atoms with E-state index in [0.29, 0.717) is 12.8 Å². The van der Waals surface area contributed by atoms with Gasteiger partial charge >= 0.3 is 11.9 Å². The van der Waals surface area contributed by atoms with Crippen molar-refractivity contribution in [2.75, 3.05) is 19.0 Å². The molecular weight excluding hydrogens is 849 g/mol. The van der Waals surface area contributed by atoms with Gasteiger partial charge in [0.15, 0.2) is 12.4 Å². The maximum Gasteiger partial charge on any atom is 0.306 e. The van der Waals surface area contributed by atoms with E-state index in [1.807, 2.05) is 0 Å². The van der Waals surface area contributed by atoms with Gasteiger partial charge in [0, 0.05) is 12.8 Å². The second-order valence-electron chi connectivity index (χ2n) is 18.2. The highest BCUT2D eigenvalue weighted by atomic mass is 32.2. The third kappa shape index (κ3) is 36.6. The van der Waals surface area contributed by atoms with Crippen molar-refractivity contribution in [1.29, 1.82) is 0 Å². The summed E-state index contributed by atoms with van der Waals surface area (Å²) in [5, 5.41) is 31.0. The van der Waals surface area contributed by atoms with E-state index in [-0.39, 0.29) is 19.4 Å². The summed E-state index contributed by atoms with van der Waals surface area (Å²) in [6.07, 6.45) is 40.5. The van der Waals surface area contributed by atoms with Crippen LogP contribution in [0.15, 0.2) is 36.5 Å². The first-order chi connectivity index (χ1) is 31.5. The first kappa shape index (κ1) is 60.9. The number of aliphatic hydroxyl groups excluding tert-OH is 3. The SMILES string of the molecule is CCCC/C=C\C/C=C\CCCCCCCC(=O)OC(COC(=O)CCCCCCCCCCCCC/C=C\CCCCCCCCCC)COC1OC(CS(=O)(=O)O)C(O)C(O)C1O. The number of hydrogen-bond acceptors (Lipinski definition) is 11. The van der Waals surface area contributed by atoms with Crippen LogP contribution in [0.3, 0.4) is 0 Å². The Morgan fingerprint density at radius 3 is 1.42 bits per heavy atom. The van der Waals surface area contributed by atoms with E-state index in [0.717, 1.165) is 64.2 Å². The molecule has 1 heterocycles. The molecule has 1 rings (SSSR count). The Hall–Kier alpha value is -2.13. The lowest BCUT2D eigenvalue weighted by atomic mass is 10.00. The topological polar surface area (TPSA) is 186 Å². The predicted octanol–water partition coefficient (Wildman–Crippen LogP) is 11.7. The summed E-state index contributed by atoms with van der Waals surface area (Å²) in [7, 11) is -4.61. The summed E-state index contributed by atoms with van der Waals surface area (Å²) < 4.78 is 54.2. The zero-order valence-corrected chi connectivity index (χ0v) is 41.7. The molecule has 4 N–H and O–H groups in total.